The van der Waals surface area contributed by atoms with Gasteiger partial charge in [0, 0.05) is 38.1 Å². The van der Waals surface area contributed by atoms with Gasteiger partial charge in [-0.15, -0.1) is 0 Å². The van der Waals surface area contributed by atoms with Crippen LogP contribution in [0.2, 0.25) is 0 Å². The van der Waals surface area contributed by atoms with Gasteiger partial charge in [0.2, 0.25) is 0 Å². The summed E-state index contributed by atoms with van der Waals surface area (Å²) in [6, 6.07) is 9.83. The number of hydrogen-bond acceptors (Lipinski definition) is 4. The second-order valence-corrected chi connectivity index (χ2v) is 4.71. The van der Waals surface area contributed by atoms with Crippen LogP contribution in [0.5, 0.6) is 0 Å². The molecule has 0 aliphatic rings. The van der Waals surface area contributed by atoms with E-state index >= 15 is 0 Å². The summed E-state index contributed by atoms with van der Waals surface area (Å²) in [7, 11) is 0. The molecule has 2 aromatic heterocycles. The van der Waals surface area contributed by atoms with E-state index in [1.54, 1.807) is 12.4 Å². The number of pyridine rings is 2. The van der Waals surface area contributed by atoms with Crippen molar-refractivity contribution in [3.05, 3.63) is 54.5 Å². The van der Waals surface area contributed by atoms with Crippen molar-refractivity contribution in [1.82, 2.24) is 9.97 Å². The van der Waals surface area contributed by atoms with Crippen molar-refractivity contribution in [3.8, 4) is 0 Å². The number of rotatable bonds is 6. The van der Waals surface area contributed by atoms with Crippen LogP contribution in [0.4, 0.5) is 5.82 Å². The highest BCUT2D eigenvalue weighted by molar-refractivity contribution is 7.80. The zero-order valence-electron chi connectivity index (χ0n) is 10.6. The van der Waals surface area contributed by atoms with Crippen LogP contribution in [0.3, 0.4) is 0 Å². The number of anilines is 1. The summed E-state index contributed by atoms with van der Waals surface area (Å²) in [6.07, 6.45) is 6.08. The molecule has 2 rings (SSSR count). The molecule has 2 N–H and O–H groups in total. The van der Waals surface area contributed by atoms with Crippen molar-refractivity contribution in [2.45, 2.75) is 13.0 Å². The molecular formula is C14H16N4S. The molecule has 2 heterocycles. The maximum absolute atomic E-state index is 5.58. The van der Waals surface area contributed by atoms with Crippen LogP contribution in [-0.4, -0.2) is 21.5 Å². The summed E-state index contributed by atoms with van der Waals surface area (Å²) in [6.45, 7) is 1.49. The molecule has 0 spiro atoms. The average Bonchev–Trinajstić information content (AvgIpc) is 2.45. The molecular weight excluding hydrogens is 256 g/mol. The topological polar surface area (TPSA) is 55.0 Å². The van der Waals surface area contributed by atoms with Crippen molar-refractivity contribution < 1.29 is 0 Å². The Morgan fingerprint density at radius 1 is 1.21 bits per heavy atom. The van der Waals surface area contributed by atoms with Crippen LogP contribution in [0.25, 0.3) is 0 Å². The van der Waals surface area contributed by atoms with Gasteiger partial charge in [0.25, 0.3) is 0 Å². The fourth-order valence-electron chi connectivity index (χ4n) is 1.77. The largest absolute Gasteiger partial charge is 0.393 e. The molecule has 0 aliphatic heterocycles. The van der Waals surface area contributed by atoms with E-state index in [1.807, 2.05) is 36.5 Å². The van der Waals surface area contributed by atoms with Gasteiger partial charge in [-0.3, -0.25) is 4.98 Å². The molecule has 0 saturated carbocycles. The molecule has 0 saturated heterocycles. The molecule has 0 atom stereocenters. The van der Waals surface area contributed by atoms with Crippen molar-refractivity contribution >= 4 is 23.0 Å². The third kappa shape index (κ3) is 4.30. The Morgan fingerprint density at radius 3 is 2.74 bits per heavy atom. The summed E-state index contributed by atoms with van der Waals surface area (Å²) in [5.74, 6) is 0.919. The Hall–Kier alpha value is -2.01. The lowest BCUT2D eigenvalue weighted by molar-refractivity contribution is 0.788. The molecule has 98 valence electrons. The van der Waals surface area contributed by atoms with Crippen LogP contribution < -0.4 is 10.6 Å². The number of thiocarbonyl (C=S) groups is 1. The second kappa shape index (κ2) is 6.80. The Bertz CT molecular complexity index is 515. The molecule has 0 aromatic carbocycles. The Labute approximate surface area is 118 Å². The lowest BCUT2D eigenvalue weighted by atomic mass is 10.2. The third-order valence-electron chi connectivity index (χ3n) is 2.70. The van der Waals surface area contributed by atoms with Crippen LogP contribution in [0.15, 0.2) is 48.9 Å². The van der Waals surface area contributed by atoms with E-state index in [0.717, 1.165) is 24.5 Å². The predicted octanol–water partition coefficient (Wildman–Crippen LogP) is 2.16. The van der Waals surface area contributed by atoms with Crippen molar-refractivity contribution in [2.24, 2.45) is 5.73 Å². The summed E-state index contributed by atoms with van der Waals surface area (Å²) in [5, 5.41) is 0. The van der Waals surface area contributed by atoms with E-state index in [4.69, 9.17) is 18.0 Å². The van der Waals surface area contributed by atoms with E-state index in [2.05, 4.69) is 14.9 Å². The zero-order chi connectivity index (χ0) is 13.5. The summed E-state index contributed by atoms with van der Waals surface area (Å²) >= 11 is 4.95. The van der Waals surface area contributed by atoms with Gasteiger partial charge in [-0.05, 0) is 23.8 Å². The van der Waals surface area contributed by atoms with E-state index in [0.29, 0.717) is 11.4 Å². The highest BCUT2D eigenvalue weighted by Crippen LogP contribution is 2.13. The van der Waals surface area contributed by atoms with Gasteiger partial charge < -0.3 is 10.6 Å². The molecule has 0 fully saturated rings. The highest BCUT2D eigenvalue weighted by Gasteiger charge is 2.08. The standard InChI is InChI=1S/C14H16N4S/c15-13(19)6-9-18(14-5-1-2-8-17-14)11-12-4-3-7-16-10-12/h1-5,7-8,10H,6,9,11H2,(H2,15,19). The zero-order valence-corrected chi connectivity index (χ0v) is 11.4. The van der Waals surface area contributed by atoms with Gasteiger partial charge in [-0.2, -0.15) is 0 Å². The molecule has 5 heteroatoms. The Kier molecular flexibility index (Phi) is 4.80. The normalized spacial score (nSPS) is 10.1. The van der Waals surface area contributed by atoms with Gasteiger partial charge in [-0.1, -0.05) is 24.4 Å². The Balaban J connectivity index is 2.12. The van der Waals surface area contributed by atoms with Crippen molar-refractivity contribution in [1.29, 1.82) is 0 Å². The maximum Gasteiger partial charge on any atom is 0.128 e. The monoisotopic (exact) mass is 272 g/mol. The summed E-state index contributed by atoms with van der Waals surface area (Å²) < 4.78 is 0. The lowest BCUT2D eigenvalue weighted by Crippen LogP contribution is -2.27. The van der Waals surface area contributed by atoms with Crippen molar-refractivity contribution in [2.75, 3.05) is 11.4 Å². The van der Waals surface area contributed by atoms with Crippen LogP contribution in [-0.2, 0) is 6.54 Å². The molecule has 0 aliphatic carbocycles. The van der Waals surface area contributed by atoms with Crippen LogP contribution in [0.1, 0.15) is 12.0 Å². The molecule has 0 bridgehead atoms. The molecule has 0 amide bonds. The van der Waals surface area contributed by atoms with Crippen LogP contribution in [0, 0.1) is 0 Å². The quantitative estimate of drug-likeness (QED) is 0.817. The predicted molar refractivity (Wildman–Crippen MR) is 80.9 cm³/mol. The first-order chi connectivity index (χ1) is 9.25. The number of nitrogens with zero attached hydrogens (tertiary/aromatic N) is 3. The smallest absolute Gasteiger partial charge is 0.128 e. The first kappa shape index (κ1) is 13.4. The van der Waals surface area contributed by atoms with Crippen LogP contribution >= 0.6 is 12.2 Å². The molecule has 2 aromatic rings. The molecule has 19 heavy (non-hydrogen) atoms. The summed E-state index contributed by atoms with van der Waals surface area (Å²) in [5.41, 5.74) is 6.72. The average molecular weight is 272 g/mol. The lowest BCUT2D eigenvalue weighted by Gasteiger charge is -2.23. The first-order valence-corrected chi connectivity index (χ1v) is 6.50. The summed E-state index contributed by atoms with van der Waals surface area (Å²) in [4.78, 5) is 11.2. The van der Waals surface area contributed by atoms with E-state index in [9.17, 15) is 0 Å². The number of hydrogen-bond donors (Lipinski definition) is 1. The number of nitrogens with two attached hydrogens (primary N) is 1. The minimum absolute atomic E-state index is 0.520. The van der Waals surface area contributed by atoms with Gasteiger partial charge in [0.15, 0.2) is 0 Å². The van der Waals surface area contributed by atoms with Gasteiger partial charge in [0.1, 0.15) is 5.82 Å². The van der Waals surface area contributed by atoms with Gasteiger partial charge in [0.05, 0.1) is 4.99 Å². The molecule has 0 radical (unpaired) electrons. The van der Waals surface area contributed by atoms with E-state index in [1.165, 1.54) is 0 Å². The molecule has 0 unspecified atom stereocenters. The molecule has 4 nitrogen and oxygen atoms in total. The first-order valence-electron chi connectivity index (χ1n) is 6.09. The van der Waals surface area contributed by atoms with Crippen molar-refractivity contribution in [3.63, 3.8) is 0 Å². The SMILES string of the molecule is NC(=S)CCN(Cc1cccnc1)c1ccccn1. The minimum atomic E-state index is 0.520. The Morgan fingerprint density at radius 2 is 2.11 bits per heavy atom. The van der Waals surface area contributed by atoms with Gasteiger partial charge in [-0.25, -0.2) is 4.98 Å². The second-order valence-electron chi connectivity index (χ2n) is 4.19. The fraction of sp³-hybridized carbons (Fsp3) is 0.214. The highest BCUT2D eigenvalue weighted by atomic mass is 32.1. The van der Waals surface area contributed by atoms with E-state index in [-0.39, 0.29) is 0 Å². The number of aromatic nitrogens is 2. The fourth-order valence-corrected chi connectivity index (χ4v) is 1.86. The van der Waals surface area contributed by atoms with E-state index < -0.39 is 0 Å². The maximum atomic E-state index is 5.58. The third-order valence-corrected chi connectivity index (χ3v) is 2.90. The minimum Gasteiger partial charge on any atom is -0.393 e. The van der Waals surface area contributed by atoms with Gasteiger partial charge >= 0.3 is 0 Å².